The van der Waals surface area contributed by atoms with Crippen molar-refractivity contribution in [3.05, 3.63) is 0 Å². The average Bonchev–Trinajstić information content (AvgIpc) is 1.24. The molecule has 0 aromatic rings. The van der Waals surface area contributed by atoms with Gasteiger partial charge in [0.1, 0.15) is 0 Å². The highest BCUT2D eigenvalue weighted by Crippen LogP contribution is 1.70. The second kappa shape index (κ2) is 97.2. The molecule has 0 aromatic heterocycles. The quantitative estimate of drug-likeness (QED) is 0.322. The molecule has 0 aliphatic heterocycles. The number of hydrogen-bond donors (Lipinski definition) is 0. The van der Waals surface area contributed by atoms with E-state index in [1.807, 2.05) is 0 Å². The van der Waals surface area contributed by atoms with Crippen LogP contribution >= 0.6 is 0 Å². The van der Waals surface area contributed by atoms with Gasteiger partial charge in [-0.15, -0.1) is 6.42 Å². The fraction of sp³-hybridized carbons (Fsp3) is 0. The van der Waals surface area contributed by atoms with E-state index in [-0.39, 0.29) is 0 Å². The number of nitriles is 1. The highest BCUT2D eigenvalue weighted by atomic mass is 14.2. The molecule has 0 aliphatic carbocycles. The molecule has 0 bridgehead atoms. The minimum Gasteiger partial charge on any atom is -0.183 e. The molecular weight excluding hydrogens is 1520 g/mol. The Kier molecular flexibility index (Phi) is 75.8. The SMILES string of the molecule is C#CC#CC#CC#CC#CC#CC#CC#CC#CC#CC#CC#CC#CC#CC#CC#CC#CC#CC#CC#CC#CC#CC#CC#CC#CC#CC#CC#CC#CC#CC#CC#CC#CC#CC#CC#CC#CC#CC#CC#CC#CC#CC#CC#CC#CC#CC#CC#CC#CC#CC#CC#CC#CC#CC#CC#CC#CC#CC#CC#CC#CC#CC#N. The minimum atomic E-state index is 1.62. The highest BCUT2D eigenvalue weighted by Gasteiger charge is 1.70. The minimum absolute atomic E-state index is 1.62. The van der Waals surface area contributed by atoms with E-state index in [1.54, 1.807) is 6.07 Å². The van der Waals surface area contributed by atoms with E-state index < -0.39 is 0 Å². The van der Waals surface area contributed by atoms with Crippen LogP contribution in [-0.2, 0) is 0 Å². The Bertz CT molecular complexity index is 8410. The van der Waals surface area contributed by atoms with Crippen LogP contribution in [0, 0.1) is 746 Å². The number of nitrogens with zero attached hydrogens (tertiary/aromatic N) is 1. The van der Waals surface area contributed by atoms with Gasteiger partial charge in [0.15, 0.2) is 6.07 Å². The molecule has 0 saturated carbocycles. The molecule has 0 N–H and O–H groups in total. The van der Waals surface area contributed by atoms with Gasteiger partial charge in [-0.2, -0.15) is 5.26 Å². The van der Waals surface area contributed by atoms with Crippen LogP contribution in [0.3, 0.4) is 0 Å². The van der Waals surface area contributed by atoms with Crippen molar-refractivity contribution in [1.82, 2.24) is 0 Å². The summed E-state index contributed by atoms with van der Waals surface area (Å²) in [5, 5.41) is 8.23. The Morgan fingerprint density at radius 2 is 0.103 bits per heavy atom. The fourth-order valence-corrected chi connectivity index (χ4v) is 3.81. The maximum Gasteiger partial charge on any atom is 0.153 e. The zero-order valence-corrected chi connectivity index (χ0v) is 63.0. The summed E-state index contributed by atoms with van der Waals surface area (Å²) in [6.07, 6.45) is 4.96. The first kappa shape index (κ1) is 98.2. The maximum atomic E-state index is 8.23. The first-order chi connectivity index (χ1) is 62.9. The summed E-state index contributed by atoms with van der Waals surface area (Å²) in [7, 11) is 0. The summed E-state index contributed by atoms with van der Waals surface area (Å²) in [5.74, 6) is 305. The van der Waals surface area contributed by atoms with E-state index >= 15 is 0 Å². The molecule has 0 amide bonds. The molecule has 126 heavy (non-hydrogen) atoms. The molecule has 0 radical (unpaired) electrons. The second-order valence-corrected chi connectivity index (χ2v) is 15.5. The standard InChI is InChI=1S/C125HN/c1-2-3-4-5-6-7-8-9-10-11-12-13-14-15-16-17-18-19-20-21-22-23-24-25-26-27-28-29-30-31-32-33-34-35-36-37-38-39-40-41-42-43-44-45-46-47-48-49-50-51-52-53-54-55-56-57-58-59-60-61-62-63-64-65-66-67-68-69-70-71-72-73-74-75-76-77-78-79-80-81-82-83-84-85-86-87-88-89-90-91-92-93-94-95-96-97-98-99-100-101-102-103-104-105-106-107-108-109-110-111-112-113-114-115-116-117-118-119-120-121-122-123-124-125-126/h1H. The van der Waals surface area contributed by atoms with Crippen molar-refractivity contribution < 1.29 is 0 Å². The van der Waals surface area contributed by atoms with Gasteiger partial charge < -0.3 is 0 Å². The average molecular weight is 1520 g/mol. The van der Waals surface area contributed by atoms with E-state index in [1.165, 1.54) is 0 Å². The molecule has 1 heteroatoms. The van der Waals surface area contributed by atoms with Crippen molar-refractivity contribution in [2.24, 2.45) is 0 Å². The Morgan fingerprint density at radius 1 is 0.0635 bits per heavy atom. The lowest BCUT2D eigenvalue weighted by molar-refractivity contribution is 1.55. The highest BCUT2D eigenvalue weighted by molar-refractivity contribution is 5.58. The predicted octanol–water partition coefficient (Wildman–Crippen LogP) is 0.351. The topological polar surface area (TPSA) is 23.8 Å². The number of hydrogen-bond acceptors (Lipinski definition) is 1. The van der Waals surface area contributed by atoms with Crippen molar-refractivity contribution in [2.45, 2.75) is 0 Å². The zero-order valence-electron chi connectivity index (χ0n) is 63.0. The maximum absolute atomic E-state index is 8.23. The molecule has 0 unspecified atom stereocenters. The first-order valence-corrected chi connectivity index (χ1v) is 31.3. The third-order valence-corrected chi connectivity index (χ3v) is 7.69. The van der Waals surface area contributed by atoms with Crippen LogP contribution in [0.4, 0.5) is 0 Å². The van der Waals surface area contributed by atoms with Crippen LogP contribution in [0.1, 0.15) is 0 Å². The van der Waals surface area contributed by atoms with Gasteiger partial charge in [-0.1, -0.05) is 0 Å². The van der Waals surface area contributed by atoms with Crippen LogP contribution in [0.15, 0.2) is 0 Å². The van der Waals surface area contributed by atoms with Crippen LogP contribution in [-0.4, -0.2) is 0 Å². The normalized spacial score (nSPS) is 3.95. The van der Waals surface area contributed by atoms with Gasteiger partial charge in [0.2, 0.25) is 0 Å². The van der Waals surface area contributed by atoms with Gasteiger partial charge in [-0.05, 0) is 47.4 Å². The van der Waals surface area contributed by atoms with Crippen LogP contribution < -0.4 is 0 Å². The lowest BCUT2D eigenvalue weighted by atomic mass is 10.4. The van der Waals surface area contributed by atoms with Crippen molar-refractivity contribution in [2.75, 3.05) is 0 Å². The Morgan fingerprint density at radius 3 is 0.143 bits per heavy atom. The molecule has 0 aromatic carbocycles. The summed E-state index contributed by atoms with van der Waals surface area (Å²) in [4.78, 5) is 0. The van der Waals surface area contributed by atoms with Gasteiger partial charge in [-0.3, -0.25) is 0 Å². The molecule has 0 rings (SSSR count). The van der Waals surface area contributed by atoms with E-state index in [0.717, 1.165) is 0 Å². The second-order valence-electron chi connectivity index (χ2n) is 15.5. The largest absolute Gasteiger partial charge is 0.183 e. The predicted molar refractivity (Wildman–Crippen MR) is 489 cm³/mol. The molecule has 0 aliphatic rings. The third kappa shape index (κ3) is 96.2. The molecule has 0 spiro atoms. The van der Waals surface area contributed by atoms with Crippen LogP contribution in [0.5, 0.6) is 0 Å². The molecule has 0 fully saturated rings. The molecular formula is C125HN. The summed E-state index contributed by atoms with van der Waals surface area (Å²) >= 11 is 0. The van der Waals surface area contributed by atoms with Gasteiger partial charge in [-0.25, -0.2) is 0 Å². The third-order valence-electron chi connectivity index (χ3n) is 7.69. The first-order valence-electron chi connectivity index (χ1n) is 31.3. The van der Waals surface area contributed by atoms with E-state index in [4.69, 9.17) is 11.7 Å². The van der Waals surface area contributed by atoms with Crippen molar-refractivity contribution in [3.63, 3.8) is 0 Å². The van der Waals surface area contributed by atoms with Crippen LogP contribution in [0.25, 0.3) is 0 Å². The van der Waals surface area contributed by atoms with Crippen LogP contribution in [0.2, 0.25) is 0 Å². The lowest BCUT2D eigenvalue weighted by Gasteiger charge is -1.58. The molecule has 0 saturated heterocycles. The van der Waals surface area contributed by atoms with Crippen molar-refractivity contribution in [1.29, 1.82) is 5.26 Å². The van der Waals surface area contributed by atoms with Crippen molar-refractivity contribution in [3.8, 4) is 741 Å². The summed E-state index contributed by atoms with van der Waals surface area (Å²) < 4.78 is 0. The van der Waals surface area contributed by atoms with E-state index in [0.29, 0.717) is 0 Å². The van der Waals surface area contributed by atoms with Gasteiger partial charge in [0.25, 0.3) is 0 Å². The monoisotopic (exact) mass is 1520 g/mol. The van der Waals surface area contributed by atoms with E-state index in [2.05, 4.69) is 728 Å². The van der Waals surface area contributed by atoms with Gasteiger partial charge >= 0.3 is 0 Å². The fourth-order valence-electron chi connectivity index (χ4n) is 3.81. The van der Waals surface area contributed by atoms with Gasteiger partial charge in [0, 0.05) is 681 Å². The zero-order chi connectivity index (χ0) is 89.7. The number of terminal acetylenes is 1. The number of rotatable bonds is 0. The molecule has 0 atom stereocenters. The Hall–Kier alpha value is -27.8. The Labute approximate surface area is 740 Å². The Balaban J connectivity index is 4.65. The van der Waals surface area contributed by atoms with Gasteiger partial charge in [0.05, 0.1) is 0 Å². The summed E-state index contributed by atoms with van der Waals surface area (Å²) in [6, 6.07) is 1.62. The molecule has 0 heterocycles. The summed E-state index contributed by atoms with van der Waals surface area (Å²) in [6.45, 7) is 0. The lowest BCUT2D eigenvalue weighted by Crippen LogP contribution is -1.57. The molecule has 1 nitrogen and oxygen atoms in total. The smallest absolute Gasteiger partial charge is 0.153 e. The molecule has 506 valence electrons. The summed E-state index contributed by atoms with van der Waals surface area (Å²) in [5.41, 5.74) is 0. The van der Waals surface area contributed by atoms with Crippen molar-refractivity contribution >= 4 is 0 Å². The van der Waals surface area contributed by atoms with E-state index in [9.17, 15) is 0 Å².